The molecule has 9 heteroatoms. The summed E-state index contributed by atoms with van der Waals surface area (Å²) in [6.07, 6.45) is 0.744. The lowest BCUT2D eigenvalue weighted by Crippen LogP contribution is -2.51. The van der Waals surface area contributed by atoms with E-state index in [2.05, 4.69) is 5.32 Å². The molecule has 2 amide bonds. The molecule has 0 aliphatic heterocycles. The number of nitrogens with zero attached hydrogens (tertiary/aromatic N) is 2. The topological polar surface area (TPSA) is 86.8 Å². The number of halogens is 1. The zero-order chi connectivity index (χ0) is 24.8. The van der Waals surface area contributed by atoms with Crippen LogP contribution in [-0.2, 0) is 26.2 Å². The number of amides is 2. The van der Waals surface area contributed by atoms with Gasteiger partial charge in [0.1, 0.15) is 6.04 Å². The number of rotatable bonds is 10. The lowest BCUT2D eigenvalue weighted by Gasteiger charge is -2.31. The summed E-state index contributed by atoms with van der Waals surface area (Å²) in [5.74, 6) is -0.811. The molecule has 0 radical (unpaired) electrons. The van der Waals surface area contributed by atoms with Crippen LogP contribution in [0.25, 0.3) is 0 Å². The first-order valence-corrected chi connectivity index (χ1v) is 12.6. The van der Waals surface area contributed by atoms with Gasteiger partial charge in [-0.05, 0) is 51.0 Å². The van der Waals surface area contributed by atoms with Crippen LogP contribution in [0.15, 0.2) is 53.4 Å². The van der Waals surface area contributed by atoms with E-state index in [1.54, 1.807) is 43.3 Å². The highest BCUT2D eigenvalue weighted by Crippen LogP contribution is 2.20. The molecule has 2 aromatic rings. The second-order valence-electron chi connectivity index (χ2n) is 8.18. The van der Waals surface area contributed by atoms with Gasteiger partial charge >= 0.3 is 0 Å². The van der Waals surface area contributed by atoms with E-state index in [-0.39, 0.29) is 23.4 Å². The molecule has 0 bridgehead atoms. The van der Waals surface area contributed by atoms with Crippen molar-refractivity contribution in [2.45, 2.75) is 57.6 Å². The SMILES string of the molecule is CCC(C)NC(=O)C(C)N(Cc1ccccc1Cl)C(=O)CN(C)S(=O)(=O)c1ccc(C)cc1. The number of hydrogen-bond donors (Lipinski definition) is 1. The fraction of sp³-hybridized carbons (Fsp3) is 0.417. The number of aryl methyl sites for hydroxylation is 1. The lowest BCUT2D eigenvalue weighted by molar-refractivity contribution is -0.140. The van der Waals surface area contributed by atoms with Gasteiger partial charge in [0.2, 0.25) is 21.8 Å². The minimum atomic E-state index is -3.88. The Balaban J connectivity index is 2.29. The van der Waals surface area contributed by atoms with Gasteiger partial charge in [-0.15, -0.1) is 0 Å². The molecule has 0 aliphatic rings. The van der Waals surface area contributed by atoms with Gasteiger partial charge in [0.25, 0.3) is 0 Å². The Labute approximate surface area is 201 Å². The second kappa shape index (κ2) is 11.6. The van der Waals surface area contributed by atoms with Gasteiger partial charge in [-0.1, -0.05) is 54.4 Å². The van der Waals surface area contributed by atoms with E-state index in [0.717, 1.165) is 16.3 Å². The van der Waals surface area contributed by atoms with E-state index in [1.165, 1.54) is 24.1 Å². The molecule has 2 atom stereocenters. The summed E-state index contributed by atoms with van der Waals surface area (Å²) in [6, 6.07) is 12.6. The standard InChI is InChI=1S/C24H32ClN3O4S/c1-6-18(3)26-24(30)19(4)28(15-20-9-7-8-10-22(20)25)23(29)16-27(5)33(31,32)21-13-11-17(2)12-14-21/h7-14,18-19H,6,15-16H2,1-5H3,(H,26,30). The molecule has 33 heavy (non-hydrogen) atoms. The number of hydrogen-bond acceptors (Lipinski definition) is 4. The molecular formula is C24H32ClN3O4S. The van der Waals surface area contributed by atoms with Gasteiger partial charge in [0.15, 0.2) is 0 Å². The van der Waals surface area contributed by atoms with Gasteiger partial charge < -0.3 is 10.2 Å². The van der Waals surface area contributed by atoms with E-state index in [0.29, 0.717) is 10.6 Å². The molecule has 0 fully saturated rings. The number of benzene rings is 2. The van der Waals surface area contributed by atoms with Crippen LogP contribution < -0.4 is 5.32 Å². The van der Waals surface area contributed by atoms with Crippen LogP contribution in [0.5, 0.6) is 0 Å². The Morgan fingerprint density at radius 1 is 1.06 bits per heavy atom. The summed E-state index contributed by atoms with van der Waals surface area (Å²) >= 11 is 6.29. The number of likely N-dealkylation sites (N-methyl/N-ethyl adjacent to an activating group) is 1. The molecule has 0 saturated carbocycles. The number of nitrogens with one attached hydrogen (secondary N) is 1. The highest BCUT2D eigenvalue weighted by molar-refractivity contribution is 7.89. The van der Waals surface area contributed by atoms with Crippen molar-refractivity contribution in [1.29, 1.82) is 0 Å². The van der Waals surface area contributed by atoms with Crippen molar-refractivity contribution < 1.29 is 18.0 Å². The molecule has 0 heterocycles. The average molecular weight is 494 g/mol. The number of carbonyl (C=O) groups is 2. The monoisotopic (exact) mass is 493 g/mol. The molecule has 180 valence electrons. The van der Waals surface area contributed by atoms with E-state index in [4.69, 9.17) is 11.6 Å². The first-order chi connectivity index (χ1) is 15.5. The normalized spacial score (nSPS) is 13.4. The third-order valence-corrected chi connectivity index (χ3v) is 7.74. The van der Waals surface area contributed by atoms with Crippen LogP contribution in [0.1, 0.15) is 38.3 Å². The van der Waals surface area contributed by atoms with Crippen molar-refractivity contribution in [3.63, 3.8) is 0 Å². The summed E-state index contributed by atoms with van der Waals surface area (Å²) in [5.41, 5.74) is 1.60. The largest absolute Gasteiger partial charge is 0.352 e. The van der Waals surface area contributed by atoms with Crippen LogP contribution in [0.2, 0.25) is 5.02 Å². The smallest absolute Gasteiger partial charge is 0.243 e. The van der Waals surface area contributed by atoms with Crippen LogP contribution in [0, 0.1) is 6.92 Å². The van der Waals surface area contributed by atoms with E-state index < -0.39 is 28.5 Å². The molecular weight excluding hydrogens is 462 g/mol. The minimum absolute atomic E-state index is 0.0539. The maximum atomic E-state index is 13.3. The molecule has 1 N–H and O–H groups in total. The van der Waals surface area contributed by atoms with Crippen molar-refractivity contribution in [2.24, 2.45) is 0 Å². The first kappa shape index (κ1) is 26.8. The molecule has 0 spiro atoms. The Hall–Kier alpha value is -2.42. The Morgan fingerprint density at radius 3 is 2.24 bits per heavy atom. The van der Waals surface area contributed by atoms with Gasteiger partial charge in [-0.2, -0.15) is 4.31 Å². The molecule has 2 aromatic carbocycles. The van der Waals surface area contributed by atoms with E-state index in [9.17, 15) is 18.0 Å². The summed E-state index contributed by atoms with van der Waals surface area (Å²) in [4.78, 5) is 27.6. The first-order valence-electron chi connectivity index (χ1n) is 10.8. The molecule has 7 nitrogen and oxygen atoms in total. The minimum Gasteiger partial charge on any atom is -0.352 e. The highest BCUT2D eigenvalue weighted by atomic mass is 35.5. The van der Waals surface area contributed by atoms with Crippen molar-refractivity contribution >= 4 is 33.4 Å². The van der Waals surface area contributed by atoms with Gasteiger partial charge in [-0.25, -0.2) is 8.42 Å². The van der Waals surface area contributed by atoms with Crippen molar-refractivity contribution in [3.8, 4) is 0 Å². The summed E-state index contributed by atoms with van der Waals surface area (Å²) < 4.78 is 26.9. The van der Waals surface area contributed by atoms with Crippen molar-refractivity contribution in [3.05, 3.63) is 64.7 Å². The van der Waals surface area contributed by atoms with E-state index >= 15 is 0 Å². The fourth-order valence-corrected chi connectivity index (χ4v) is 4.43. The fourth-order valence-electron chi connectivity index (χ4n) is 3.11. The van der Waals surface area contributed by atoms with Crippen LogP contribution >= 0.6 is 11.6 Å². The summed E-state index contributed by atoms with van der Waals surface area (Å²) in [7, 11) is -2.52. The van der Waals surface area contributed by atoms with Crippen molar-refractivity contribution in [2.75, 3.05) is 13.6 Å². The summed E-state index contributed by atoms with van der Waals surface area (Å²) in [6.45, 7) is 6.98. The highest BCUT2D eigenvalue weighted by Gasteiger charge is 2.30. The Kier molecular flexibility index (Phi) is 9.46. The predicted molar refractivity (Wildman–Crippen MR) is 130 cm³/mol. The van der Waals surface area contributed by atoms with Gasteiger partial charge in [0, 0.05) is 24.7 Å². The molecule has 0 aliphatic carbocycles. The number of carbonyl (C=O) groups excluding carboxylic acids is 2. The lowest BCUT2D eigenvalue weighted by atomic mass is 10.1. The van der Waals surface area contributed by atoms with Gasteiger partial charge in [-0.3, -0.25) is 9.59 Å². The average Bonchev–Trinajstić information content (AvgIpc) is 2.78. The Bertz CT molecular complexity index is 1070. The summed E-state index contributed by atoms with van der Waals surface area (Å²) in [5, 5.41) is 3.35. The molecule has 2 rings (SSSR count). The maximum Gasteiger partial charge on any atom is 0.243 e. The third kappa shape index (κ3) is 7.03. The Morgan fingerprint density at radius 2 is 1.67 bits per heavy atom. The maximum absolute atomic E-state index is 13.3. The molecule has 0 saturated heterocycles. The van der Waals surface area contributed by atoms with Crippen LogP contribution in [-0.4, -0.2) is 55.1 Å². The zero-order valence-corrected chi connectivity index (χ0v) is 21.3. The second-order valence-corrected chi connectivity index (χ2v) is 10.6. The van der Waals surface area contributed by atoms with Gasteiger partial charge in [0.05, 0.1) is 11.4 Å². The van der Waals surface area contributed by atoms with E-state index in [1.807, 2.05) is 20.8 Å². The molecule has 2 unspecified atom stereocenters. The predicted octanol–water partition coefficient (Wildman–Crippen LogP) is 3.60. The van der Waals surface area contributed by atoms with Crippen LogP contribution in [0.4, 0.5) is 0 Å². The quantitative estimate of drug-likeness (QED) is 0.547. The van der Waals surface area contributed by atoms with Crippen molar-refractivity contribution in [1.82, 2.24) is 14.5 Å². The zero-order valence-electron chi connectivity index (χ0n) is 19.7. The molecule has 0 aromatic heterocycles. The van der Waals surface area contributed by atoms with Crippen LogP contribution in [0.3, 0.4) is 0 Å². The third-order valence-electron chi connectivity index (χ3n) is 5.55. The number of sulfonamides is 1.